The zero-order valence-corrected chi connectivity index (χ0v) is 11.1. The molecule has 4 nitrogen and oxygen atoms in total. The van der Waals surface area contributed by atoms with Crippen molar-refractivity contribution in [1.82, 2.24) is 4.90 Å². The van der Waals surface area contributed by atoms with Gasteiger partial charge in [0.15, 0.2) is 0 Å². The summed E-state index contributed by atoms with van der Waals surface area (Å²) in [6.07, 6.45) is 6.85. The quantitative estimate of drug-likeness (QED) is 0.836. The first kappa shape index (κ1) is 13.4. The van der Waals surface area contributed by atoms with Crippen LogP contribution in [-0.2, 0) is 9.59 Å². The molecule has 0 aliphatic heterocycles. The van der Waals surface area contributed by atoms with E-state index in [2.05, 4.69) is 0 Å². The van der Waals surface area contributed by atoms with Gasteiger partial charge in [0.25, 0.3) is 0 Å². The van der Waals surface area contributed by atoms with Crippen LogP contribution in [0, 0.1) is 11.8 Å². The van der Waals surface area contributed by atoms with Crippen molar-refractivity contribution in [2.24, 2.45) is 11.8 Å². The van der Waals surface area contributed by atoms with E-state index in [9.17, 15) is 14.7 Å². The van der Waals surface area contributed by atoms with Crippen molar-refractivity contribution >= 4 is 11.9 Å². The Bertz CT molecular complexity index is 323. The summed E-state index contributed by atoms with van der Waals surface area (Å²) in [5.41, 5.74) is 0. The number of hydrogen-bond acceptors (Lipinski definition) is 2. The normalized spacial score (nSPS) is 28.5. The van der Waals surface area contributed by atoms with Crippen molar-refractivity contribution in [2.75, 3.05) is 6.54 Å². The minimum Gasteiger partial charge on any atom is -0.481 e. The smallest absolute Gasteiger partial charge is 0.307 e. The number of hydrogen-bond donors (Lipinski definition) is 1. The number of rotatable bonds is 4. The first-order valence-electron chi connectivity index (χ1n) is 7.18. The highest BCUT2D eigenvalue weighted by molar-refractivity contribution is 5.85. The zero-order chi connectivity index (χ0) is 13.1. The lowest BCUT2D eigenvalue weighted by Gasteiger charge is -2.31. The highest BCUT2D eigenvalue weighted by Gasteiger charge is 2.41. The monoisotopic (exact) mass is 253 g/mol. The number of amides is 1. The number of carbonyl (C=O) groups excluding carboxylic acids is 1. The molecule has 2 aliphatic rings. The van der Waals surface area contributed by atoms with E-state index in [0.29, 0.717) is 19.0 Å². The first-order valence-corrected chi connectivity index (χ1v) is 7.18. The van der Waals surface area contributed by atoms with Crippen LogP contribution in [0.5, 0.6) is 0 Å². The van der Waals surface area contributed by atoms with Crippen molar-refractivity contribution < 1.29 is 14.7 Å². The Morgan fingerprint density at radius 3 is 2.22 bits per heavy atom. The standard InChI is InChI=1S/C14H23NO3/c1-2-15(10-6-3-4-7-10)13(16)11-8-5-9-12(11)14(17)18/h10-12H,2-9H2,1H3,(H,17,18). The van der Waals surface area contributed by atoms with Crippen molar-refractivity contribution in [3.05, 3.63) is 0 Å². The van der Waals surface area contributed by atoms with Gasteiger partial charge < -0.3 is 10.0 Å². The summed E-state index contributed by atoms with van der Waals surface area (Å²) in [7, 11) is 0. The van der Waals surface area contributed by atoms with Crippen LogP contribution in [0.1, 0.15) is 51.9 Å². The van der Waals surface area contributed by atoms with E-state index in [1.54, 1.807) is 0 Å². The van der Waals surface area contributed by atoms with Gasteiger partial charge in [0, 0.05) is 12.6 Å². The molecule has 102 valence electrons. The van der Waals surface area contributed by atoms with Gasteiger partial charge in [-0.25, -0.2) is 0 Å². The fourth-order valence-electron chi connectivity index (χ4n) is 3.57. The average molecular weight is 253 g/mol. The number of aliphatic carboxylic acids is 1. The SMILES string of the molecule is CCN(C(=O)C1CCCC1C(=O)O)C1CCCC1. The van der Waals surface area contributed by atoms with Gasteiger partial charge >= 0.3 is 5.97 Å². The lowest BCUT2D eigenvalue weighted by atomic mass is 9.94. The van der Waals surface area contributed by atoms with Gasteiger partial charge in [-0.3, -0.25) is 9.59 Å². The van der Waals surface area contributed by atoms with E-state index in [1.807, 2.05) is 11.8 Å². The lowest BCUT2D eigenvalue weighted by molar-refractivity contribution is -0.150. The summed E-state index contributed by atoms with van der Waals surface area (Å²) in [5, 5.41) is 9.18. The second-order valence-electron chi connectivity index (χ2n) is 5.54. The number of carboxylic acid groups (broad SMARTS) is 1. The molecular formula is C14H23NO3. The van der Waals surface area contributed by atoms with Crippen molar-refractivity contribution in [3.63, 3.8) is 0 Å². The Kier molecular flexibility index (Phi) is 4.25. The molecule has 2 aliphatic carbocycles. The second kappa shape index (κ2) is 5.72. The van der Waals surface area contributed by atoms with Crippen LogP contribution >= 0.6 is 0 Å². The fraction of sp³-hybridized carbons (Fsp3) is 0.857. The van der Waals surface area contributed by atoms with Crippen molar-refractivity contribution in [2.45, 2.75) is 57.9 Å². The van der Waals surface area contributed by atoms with Crippen molar-refractivity contribution in [1.29, 1.82) is 0 Å². The van der Waals surface area contributed by atoms with Crippen LogP contribution in [0.3, 0.4) is 0 Å². The van der Waals surface area contributed by atoms with Gasteiger partial charge in [-0.1, -0.05) is 19.3 Å². The second-order valence-corrected chi connectivity index (χ2v) is 5.54. The number of carbonyl (C=O) groups is 2. The molecule has 0 radical (unpaired) electrons. The van der Waals surface area contributed by atoms with Gasteiger partial charge in [0.1, 0.15) is 0 Å². The molecule has 0 spiro atoms. The minimum absolute atomic E-state index is 0.0919. The highest BCUT2D eigenvalue weighted by atomic mass is 16.4. The Morgan fingerprint density at radius 1 is 1.06 bits per heavy atom. The molecule has 0 saturated heterocycles. The molecule has 2 rings (SSSR count). The summed E-state index contributed by atoms with van der Waals surface area (Å²) in [4.78, 5) is 25.7. The van der Waals surface area contributed by atoms with Crippen LogP contribution in [0.25, 0.3) is 0 Å². The molecule has 0 bridgehead atoms. The van der Waals surface area contributed by atoms with E-state index >= 15 is 0 Å². The lowest BCUT2D eigenvalue weighted by Crippen LogP contribution is -2.44. The molecule has 2 atom stereocenters. The highest BCUT2D eigenvalue weighted by Crippen LogP contribution is 2.35. The summed E-state index contributed by atoms with van der Waals surface area (Å²) in [6.45, 7) is 2.72. The Balaban J connectivity index is 2.06. The number of carboxylic acids is 1. The van der Waals surface area contributed by atoms with Gasteiger partial charge in [-0.2, -0.15) is 0 Å². The molecular weight excluding hydrogens is 230 g/mol. The molecule has 2 unspecified atom stereocenters. The van der Waals surface area contributed by atoms with E-state index in [4.69, 9.17) is 0 Å². The van der Waals surface area contributed by atoms with Crippen LogP contribution in [0.15, 0.2) is 0 Å². The van der Waals surface area contributed by atoms with E-state index < -0.39 is 11.9 Å². The van der Waals surface area contributed by atoms with E-state index in [-0.39, 0.29) is 11.8 Å². The van der Waals surface area contributed by atoms with Gasteiger partial charge in [-0.15, -0.1) is 0 Å². The molecule has 2 saturated carbocycles. The summed E-state index contributed by atoms with van der Waals surface area (Å²) >= 11 is 0. The van der Waals surface area contributed by atoms with Crippen LogP contribution in [0.2, 0.25) is 0 Å². The number of nitrogens with zero attached hydrogens (tertiary/aromatic N) is 1. The van der Waals surface area contributed by atoms with Gasteiger partial charge in [-0.05, 0) is 32.6 Å². The van der Waals surface area contributed by atoms with Gasteiger partial charge in [0.05, 0.1) is 11.8 Å². The molecule has 1 N–H and O–H groups in total. The largest absolute Gasteiger partial charge is 0.481 e. The van der Waals surface area contributed by atoms with Gasteiger partial charge in [0.2, 0.25) is 5.91 Å². The average Bonchev–Trinajstić information content (AvgIpc) is 3.00. The predicted octanol–water partition coefficient (Wildman–Crippen LogP) is 2.28. The van der Waals surface area contributed by atoms with E-state index in [1.165, 1.54) is 12.8 Å². The van der Waals surface area contributed by atoms with Crippen LogP contribution in [0.4, 0.5) is 0 Å². The van der Waals surface area contributed by atoms with E-state index in [0.717, 1.165) is 25.7 Å². The summed E-state index contributed by atoms with van der Waals surface area (Å²) in [6, 6.07) is 0.359. The molecule has 0 aromatic rings. The Hall–Kier alpha value is -1.06. The third-order valence-electron chi connectivity index (χ3n) is 4.54. The first-order chi connectivity index (χ1) is 8.65. The Morgan fingerprint density at radius 2 is 1.67 bits per heavy atom. The molecule has 0 aromatic carbocycles. The topological polar surface area (TPSA) is 57.6 Å². The third kappa shape index (κ3) is 2.52. The maximum absolute atomic E-state index is 12.5. The molecule has 18 heavy (non-hydrogen) atoms. The van der Waals surface area contributed by atoms with Crippen molar-refractivity contribution in [3.8, 4) is 0 Å². The van der Waals surface area contributed by atoms with Crippen LogP contribution in [-0.4, -0.2) is 34.5 Å². The minimum atomic E-state index is -0.798. The predicted molar refractivity (Wildman–Crippen MR) is 68.1 cm³/mol. The summed E-state index contributed by atoms with van der Waals surface area (Å²) in [5.74, 6) is -1.43. The molecule has 2 fully saturated rings. The fourth-order valence-corrected chi connectivity index (χ4v) is 3.57. The third-order valence-corrected chi connectivity index (χ3v) is 4.54. The molecule has 0 aromatic heterocycles. The molecule has 4 heteroatoms. The van der Waals surface area contributed by atoms with Crippen LogP contribution < -0.4 is 0 Å². The molecule has 0 heterocycles. The summed E-state index contributed by atoms with van der Waals surface area (Å²) < 4.78 is 0. The maximum atomic E-state index is 12.5. The zero-order valence-electron chi connectivity index (χ0n) is 11.1. The Labute approximate surface area is 108 Å². The maximum Gasteiger partial charge on any atom is 0.307 e. The molecule has 1 amide bonds.